The van der Waals surface area contributed by atoms with Crippen LogP contribution in [0, 0.1) is 6.92 Å². The SMILES string of the molecule is Cc1ccc(Cn2cnc(=O)c3sc(-c4ccc(NC(=O)c5ccccn5)cc4)cc32)cc1. The number of hydrogen-bond acceptors (Lipinski definition) is 5. The van der Waals surface area contributed by atoms with Crippen molar-refractivity contribution >= 4 is 33.1 Å². The Hall–Kier alpha value is -4.10. The lowest BCUT2D eigenvalue weighted by atomic mass is 10.1. The minimum atomic E-state index is -0.260. The first-order chi connectivity index (χ1) is 16.1. The smallest absolute Gasteiger partial charge is 0.290 e. The average molecular weight is 453 g/mol. The molecule has 5 rings (SSSR count). The van der Waals surface area contributed by atoms with Crippen LogP contribution in [0.1, 0.15) is 21.6 Å². The van der Waals surface area contributed by atoms with E-state index in [1.807, 2.05) is 34.9 Å². The number of nitrogens with zero attached hydrogens (tertiary/aromatic N) is 3. The summed E-state index contributed by atoms with van der Waals surface area (Å²) in [4.78, 5) is 33.8. The second kappa shape index (κ2) is 8.80. The Labute approximate surface area is 194 Å². The molecule has 3 heterocycles. The zero-order valence-electron chi connectivity index (χ0n) is 17.9. The zero-order chi connectivity index (χ0) is 22.8. The summed E-state index contributed by atoms with van der Waals surface area (Å²) in [5, 5.41) is 2.85. The van der Waals surface area contributed by atoms with Crippen LogP contribution in [0.5, 0.6) is 0 Å². The summed E-state index contributed by atoms with van der Waals surface area (Å²) in [6.45, 7) is 2.70. The number of anilines is 1. The van der Waals surface area contributed by atoms with E-state index in [9.17, 15) is 9.59 Å². The van der Waals surface area contributed by atoms with Crippen LogP contribution >= 0.6 is 11.3 Å². The number of nitrogens with one attached hydrogen (secondary N) is 1. The van der Waals surface area contributed by atoms with E-state index >= 15 is 0 Å². The van der Waals surface area contributed by atoms with Crippen LogP contribution in [0.15, 0.2) is 90.1 Å². The quantitative estimate of drug-likeness (QED) is 0.401. The fraction of sp³-hybridized carbons (Fsp3) is 0.0769. The number of carbonyl (C=O) groups is 1. The van der Waals surface area contributed by atoms with E-state index in [2.05, 4.69) is 46.5 Å². The molecule has 0 saturated heterocycles. The number of pyridine rings is 1. The van der Waals surface area contributed by atoms with Gasteiger partial charge in [-0.3, -0.25) is 14.6 Å². The predicted octanol–water partition coefficient (Wildman–Crippen LogP) is 5.13. The number of fused-ring (bicyclic) bond motifs is 1. The molecule has 3 aromatic heterocycles. The summed E-state index contributed by atoms with van der Waals surface area (Å²) >= 11 is 1.43. The summed E-state index contributed by atoms with van der Waals surface area (Å²) < 4.78 is 2.63. The van der Waals surface area contributed by atoms with E-state index < -0.39 is 0 Å². The molecule has 162 valence electrons. The van der Waals surface area contributed by atoms with Crippen LogP contribution in [0.2, 0.25) is 0 Å². The van der Waals surface area contributed by atoms with E-state index in [0.29, 0.717) is 22.6 Å². The van der Waals surface area contributed by atoms with Gasteiger partial charge in [0.2, 0.25) is 0 Å². The lowest BCUT2D eigenvalue weighted by Crippen LogP contribution is -2.13. The molecule has 0 aliphatic rings. The van der Waals surface area contributed by atoms with Crippen molar-refractivity contribution in [3.05, 3.63) is 112 Å². The summed E-state index contributed by atoms with van der Waals surface area (Å²) in [5.41, 5.74) is 5.00. The van der Waals surface area contributed by atoms with Gasteiger partial charge < -0.3 is 9.88 Å². The first kappa shape index (κ1) is 20.8. The van der Waals surface area contributed by atoms with Crippen molar-refractivity contribution in [2.75, 3.05) is 5.32 Å². The van der Waals surface area contributed by atoms with Gasteiger partial charge in [0.15, 0.2) is 0 Å². The Balaban J connectivity index is 1.41. The Morgan fingerprint density at radius 2 is 1.79 bits per heavy atom. The highest BCUT2D eigenvalue weighted by Crippen LogP contribution is 2.32. The van der Waals surface area contributed by atoms with Crippen LogP contribution in [0.25, 0.3) is 20.7 Å². The molecule has 0 bridgehead atoms. The summed E-state index contributed by atoms with van der Waals surface area (Å²) in [5.74, 6) is -0.260. The van der Waals surface area contributed by atoms with Crippen molar-refractivity contribution < 1.29 is 4.79 Å². The van der Waals surface area contributed by atoms with Crippen LogP contribution in [-0.2, 0) is 6.54 Å². The summed E-state index contributed by atoms with van der Waals surface area (Å²) in [6.07, 6.45) is 3.20. The van der Waals surface area contributed by atoms with E-state index in [0.717, 1.165) is 21.5 Å². The minimum Gasteiger partial charge on any atom is -0.326 e. The second-order valence-electron chi connectivity index (χ2n) is 7.73. The molecule has 0 atom stereocenters. The van der Waals surface area contributed by atoms with Crippen molar-refractivity contribution in [3.63, 3.8) is 0 Å². The van der Waals surface area contributed by atoms with Gasteiger partial charge in [0.25, 0.3) is 11.5 Å². The first-order valence-electron chi connectivity index (χ1n) is 10.4. The normalized spacial score (nSPS) is 10.9. The Bertz CT molecular complexity index is 1490. The molecular weight excluding hydrogens is 432 g/mol. The molecule has 0 aliphatic carbocycles. The first-order valence-corrected chi connectivity index (χ1v) is 11.3. The molecule has 7 heteroatoms. The number of carbonyl (C=O) groups excluding carboxylic acids is 1. The third kappa shape index (κ3) is 4.44. The van der Waals surface area contributed by atoms with Gasteiger partial charge >= 0.3 is 0 Å². The Morgan fingerprint density at radius 1 is 1.00 bits per heavy atom. The molecule has 1 N–H and O–H groups in total. The molecule has 5 aromatic rings. The van der Waals surface area contributed by atoms with Gasteiger partial charge in [-0.15, -0.1) is 11.3 Å². The Morgan fingerprint density at radius 3 is 2.52 bits per heavy atom. The van der Waals surface area contributed by atoms with Gasteiger partial charge in [-0.2, -0.15) is 4.98 Å². The molecule has 0 aliphatic heterocycles. The number of amides is 1. The highest BCUT2D eigenvalue weighted by Gasteiger charge is 2.12. The lowest BCUT2D eigenvalue weighted by Gasteiger charge is -2.08. The molecule has 33 heavy (non-hydrogen) atoms. The average Bonchev–Trinajstić information content (AvgIpc) is 3.30. The number of benzene rings is 2. The number of aryl methyl sites for hydroxylation is 1. The van der Waals surface area contributed by atoms with Crippen molar-refractivity contribution in [3.8, 4) is 10.4 Å². The van der Waals surface area contributed by atoms with Crippen LogP contribution < -0.4 is 10.9 Å². The van der Waals surface area contributed by atoms with Gasteiger partial charge in [-0.05, 0) is 48.4 Å². The number of thiophene rings is 1. The number of rotatable bonds is 5. The number of hydrogen-bond donors (Lipinski definition) is 1. The van der Waals surface area contributed by atoms with Gasteiger partial charge in [0.1, 0.15) is 10.4 Å². The van der Waals surface area contributed by atoms with E-state index in [1.165, 1.54) is 16.9 Å². The predicted molar refractivity (Wildman–Crippen MR) is 132 cm³/mol. The van der Waals surface area contributed by atoms with Gasteiger partial charge in [-0.25, -0.2) is 0 Å². The molecule has 0 spiro atoms. The highest BCUT2D eigenvalue weighted by molar-refractivity contribution is 7.22. The summed E-state index contributed by atoms with van der Waals surface area (Å²) in [6, 6.07) is 23.1. The second-order valence-corrected chi connectivity index (χ2v) is 8.79. The van der Waals surface area contributed by atoms with E-state index in [1.54, 1.807) is 30.7 Å². The van der Waals surface area contributed by atoms with Crippen molar-refractivity contribution in [2.45, 2.75) is 13.5 Å². The maximum atomic E-state index is 12.4. The topological polar surface area (TPSA) is 76.9 Å². The van der Waals surface area contributed by atoms with Crippen molar-refractivity contribution in [2.24, 2.45) is 0 Å². The van der Waals surface area contributed by atoms with Crippen molar-refractivity contribution in [1.82, 2.24) is 14.5 Å². The lowest BCUT2D eigenvalue weighted by molar-refractivity contribution is 0.102. The molecule has 0 radical (unpaired) electrons. The van der Waals surface area contributed by atoms with Gasteiger partial charge in [0, 0.05) is 23.3 Å². The molecule has 0 fully saturated rings. The van der Waals surface area contributed by atoms with Crippen LogP contribution in [-0.4, -0.2) is 20.4 Å². The molecule has 1 amide bonds. The monoisotopic (exact) mass is 452 g/mol. The largest absolute Gasteiger partial charge is 0.326 e. The fourth-order valence-corrected chi connectivity index (χ4v) is 4.62. The van der Waals surface area contributed by atoms with Gasteiger partial charge in [-0.1, -0.05) is 48.0 Å². The maximum absolute atomic E-state index is 12.4. The van der Waals surface area contributed by atoms with Crippen LogP contribution in [0.3, 0.4) is 0 Å². The molecular formula is C26H20N4O2S. The fourth-order valence-electron chi connectivity index (χ4n) is 3.56. The maximum Gasteiger partial charge on any atom is 0.290 e. The van der Waals surface area contributed by atoms with E-state index in [4.69, 9.17) is 0 Å². The standard InChI is InChI=1S/C26H20N4O2S/c1-17-5-7-18(8-6-17)15-30-16-28-26(32)24-22(30)14-23(33-24)19-9-11-20(12-10-19)29-25(31)21-4-2-3-13-27-21/h2-14,16H,15H2,1H3,(H,29,31). The molecule has 6 nitrogen and oxygen atoms in total. The minimum absolute atomic E-state index is 0.222. The van der Waals surface area contributed by atoms with Gasteiger partial charge in [0.05, 0.1) is 11.8 Å². The highest BCUT2D eigenvalue weighted by atomic mass is 32.1. The zero-order valence-corrected chi connectivity index (χ0v) is 18.7. The third-order valence-corrected chi connectivity index (χ3v) is 6.49. The Kier molecular flexibility index (Phi) is 5.54. The van der Waals surface area contributed by atoms with Crippen molar-refractivity contribution in [1.29, 1.82) is 0 Å². The van der Waals surface area contributed by atoms with E-state index in [-0.39, 0.29) is 11.5 Å². The molecule has 2 aromatic carbocycles. The molecule has 0 saturated carbocycles. The number of aromatic nitrogens is 3. The summed E-state index contributed by atoms with van der Waals surface area (Å²) in [7, 11) is 0. The molecule has 0 unspecified atom stereocenters. The third-order valence-electron chi connectivity index (χ3n) is 5.33. The van der Waals surface area contributed by atoms with Crippen LogP contribution in [0.4, 0.5) is 5.69 Å².